The Morgan fingerprint density at radius 1 is 1.45 bits per heavy atom. The summed E-state index contributed by atoms with van der Waals surface area (Å²) in [4.78, 5) is 13.8. The highest BCUT2D eigenvalue weighted by Gasteiger charge is 2.35. The van der Waals surface area contributed by atoms with E-state index in [1.54, 1.807) is 11.0 Å². The third kappa shape index (κ3) is 3.85. The molecule has 2 rings (SSSR count). The molecule has 0 spiro atoms. The molecule has 1 saturated carbocycles. The molecule has 4 nitrogen and oxygen atoms in total. The van der Waals surface area contributed by atoms with E-state index in [2.05, 4.69) is 0 Å². The number of nitrogens with zero attached hydrogens (tertiary/aromatic N) is 1. The number of amides is 1. The summed E-state index contributed by atoms with van der Waals surface area (Å²) in [5, 5.41) is 0. The fourth-order valence-corrected chi connectivity index (χ4v) is 1.92. The molecule has 0 atom stereocenters. The van der Waals surface area contributed by atoms with E-state index in [-0.39, 0.29) is 17.8 Å². The highest BCUT2D eigenvalue weighted by molar-refractivity contribution is 5.69. The van der Waals surface area contributed by atoms with Gasteiger partial charge in [0.05, 0.1) is 5.69 Å². The van der Waals surface area contributed by atoms with Crippen LogP contribution in [0.1, 0.15) is 39.2 Å². The van der Waals surface area contributed by atoms with Crippen molar-refractivity contribution in [3.8, 4) is 0 Å². The van der Waals surface area contributed by atoms with Crippen molar-refractivity contribution < 1.29 is 13.9 Å². The summed E-state index contributed by atoms with van der Waals surface area (Å²) in [6, 6.07) is 4.82. The molecule has 0 saturated heterocycles. The lowest BCUT2D eigenvalue weighted by Crippen LogP contribution is -2.37. The average molecular weight is 280 g/mol. The summed E-state index contributed by atoms with van der Waals surface area (Å²) < 4.78 is 18.9. The predicted octanol–water partition coefficient (Wildman–Crippen LogP) is 3.31. The highest BCUT2D eigenvalue weighted by atomic mass is 19.1. The second kappa shape index (κ2) is 5.31. The number of hydrogen-bond donors (Lipinski definition) is 1. The summed E-state index contributed by atoms with van der Waals surface area (Å²) in [5.74, 6) is -0.456. The Hall–Kier alpha value is -1.78. The molecule has 110 valence electrons. The second-order valence-electron chi connectivity index (χ2n) is 6.20. The molecule has 1 amide bonds. The van der Waals surface area contributed by atoms with Gasteiger partial charge in [0.15, 0.2) is 0 Å². The SMILES string of the molecule is CC(C)(C)OC(=O)N(Cc1ccc(N)c(F)c1)C1CC1. The van der Waals surface area contributed by atoms with Crippen LogP contribution >= 0.6 is 0 Å². The zero-order valence-corrected chi connectivity index (χ0v) is 12.1. The molecule has 0 bridgehead atoms. The van der Waals surface area contributed by atoms with Crippen molar-refractivity contribution in [2.75, 3.05) is 5.73 Å². The van der Waals surface area contributed by atoms with E-state index in [0.29, 0.717) is 6.54 Å². The maximum absolute atomic E-state index is 13.5. The van der Waals surface area contributed by atoms with E-state index in [1.165, 1.54) is 12.1 Å². The van der Waals surface area contributed by atoms with Crippen LogP contribution in [0.2, 0.25) is 0 Å². The van der Waals surface area contributed by atoms with Gasteiger partial charge in [-0.25, -0.2) is 9.18 Å². The fraction of sp³-hybridized carbons (Fsp3) is 0.533. The minimum absolute atomic E-state index is 0.115. The molecule has 0 aromatic heterocycles. The van der Waals surface area contributed by atoms with E-state index >= 15 is 0 Å². The fourth-order valence-electron chi connectivity index (χ4n) is 1.92. The predicted molar refractivity (Wildman–Crippen MR) is 75.6 cm³/mol. The number of nitrogens with two attached hydrogens (primary N) is 1. The smallest absolute Gasteiger partial charge is 0.410 e. The third-order valence-corrected chi connectivity index (χ3v) is 3.03. The Bertz CT molecular complexity index is 507. The van der Waals surface area contributed by atoms with Crippen molar-refractivity contribution in [2.45, 2.75) is 51.8 Å². The van der Waals surface area contributed by atoms with Gasteiger partial charge in [-0.05, 0) is 51.3 Å². The van der Waals surface area contributed by atoms with Gasteiger partial charge in [-0.2, -0.15) is 0 Å². The Morgan fingerprint density at radius 2 is 2.10 bits per heavy atom. The van der Waals surface area contributed by atoms with Gasteiger partial charge in [-0.3, -0.25) is 0 Å². The number of halogens is 1. The van der Waals surface area contributed by atoms with E-state index < -0.39 is 11.4 Å². The zero-order chi connectivity index (χ0) is 14.9. The summed E-state index contributed by atoms with van der Waals surface area (Å²) in [6.07, 6.45) is 1.59. The number of rotatable bonds is 3. The number of carbonyl (C=O) groups is 1. The van der Waals surface area contributed by atoms with Crippen LogP contribution in [0.3, 0.4) is 0 Å². The lowest BCUT2D eigenvalue weighted by atomic mass is 10.2. The monoisotopic (exact) mass is 280 g/mol. The third-order valence-electron chi connectivity index (χ3n) is 3.03. The summed E-state index contributed by atoms with van der Waals surface area (Å²) in [6.45, 7) is 5.84. The van der Waals surface area contributed by atoms with Gasteiger partial charge in [-0.15, -0.1) is 0 Å². The molecule has 0 aliphatic heterocycles. The lowest BCUT2D eigenvalue weighted by molar-refractivity contribution is 0.0216. The quantitative estimate of drug-likeness (QED) is 0.864. The standard InChI is InChI=1S/C15H21FN2O2/c1-15(2,3)20-14(19)18(11-5-6-11)9-10-4-7-13(17)12(16)8-10/h4,7-8,11H,5-6,9,17H2,1-3H3. The van der Waals surface area contributed by atoms with E-state index in [9.17, 15) is 9.18 Å². The summed E-state index contributed by atoms with van der Waals surface area (Å²) >= 11 is 0. The second-order valence-corrected chi connectivity index (χ2v) is 6.20. The molecule has 1 aliphatic carbocycles. The normalized spacial score (nSPS) is 15.0. The van der Waals surface area contributed by atoms with Crippen LogP contribution in [0.25, 0.3) is 0 Å². The van der Waals surface area contributed by atoms with Crippen LogP contribution in [0, 0.1) is 5.82 Å². The molecule has 0 heterocycles. The molecule has 5 heteroatoms. The largest absolute Gasteiger partial charge is 0.444 e. The first-order valence-corrected chi connectivity index (χ1v) is 6.80. The first-order chi connectivity index (χ1) is 9.26. The molecular weight excluding hydrogens is 259 g/mol. The van der Waals surface area contributed by atoms with Crippen LogP contribution in [0.4, 0.5) is 14.9 Å². The van der Waals surface area contributed by atoms with Gasteiger partial charge >= 0.3 is 6.09 Å². The molecule has 1 fully saturated rings. The van der Waals surface area contributed by atoms with E-state index in [1.807, 2.05) is 20.8 Å². The van der Waals surface area contributed by atoms with Crippen molar-refractivity contribution in [1.82, 2.24) is 4.90 Å². The van der Waals surface area contributed by atoms with Crippen molar-refractivity contribution >= 4 is 11.8 Å². The molecule has 1 aromatic rings. The first kappa shape index (κ1) is 14.6. The van der Waals surface area contributed by atoms with E-state index in [0.717, 1.165) is 18.4 Å². The zero-order valence-electron chi connectivity index (χ0n) is 12.1. The number of anilines is 1. The van der Waals surface area contributed by atoms with Crippen molar-refractivity contribution in [1.29, 1.82) is 0 Å². The Kier molecular flexibility index (Phi) is 3.88. The first-order valence-electron chi connectivity index (χ1n) is 6.80. The van der Waals surface area contributed by atoms with Crippen molar-refractivity contribution in [3.05, 3.63) is 29.6 Å². The molecular formula is C15H21FN2O2. The molecule has 20 heavy (non-hydrogen) atoms. The maximum atomic E-state index is 13.5. The Balaban J connectivity index is 2.09. The number of benzene rings is 1. The molecule has 1 aromatic carbocycles. The van der Waals surface area contributed by atoms with Crippen molar-refractivity contribution in [2.24, 2.45) is 0 Å². The van der Waals surface area contributed by atoms with Gasteiger partial charge in [0.1, 0.15) is 11.4 Å². The average Bonchev–Trinajstić information content (AvgIpc) is 3.12. The highest BCUT2D eigenvalue weighted by Crippen LogP contribution is 2.30. The van der Waals surface area contributed by atoms with Gasteiger partial charge in [0.25, 0.3) is 0 Å². The molecule has 0 radical (unpaired) electrons. The number of nitrogen functional groups attached to an aromatic ring is 1. The summed E-state index contributed by atoms with van der Waals surface area (Å²) in [5.41, 5.74) is 5.76. The van der Waals surface area contributed by atoms with Gasteiger partial charge in [0.2, 0.25) is 0 Å². The number of hydrogen-bond acceptors (Lipinski definition) is 3. The number of carbonyl (C=O) groups excluding carboxylic acids is 1. The van der Waals surface area contributed by atoms with Crippen LogP contribution in [0.5, 0.6) is 0 Å². The van der Waals surface area contributed by atoms with Crippen LogP contribution in [0.15, 0.2) is 18.2 Å². The van der Waals surface area contributed by atoms with Crippen molar-refractivity contribution in [3.63, 3.8) is 0 Å². The minimum atomic E-state index is -0.531. The topological polar surface area (TPSA) is 55.6 Å². The van der Waals surface area contributed by atoms with Crippen LogP contribution < -0.4 is 5.73 Å². The number of ether oxygens (including phenoxy) is 1. The maximum Gasteiger partial charge on any atom is 0.410 e. The van der Waals surface area contributed by atoms with Gasteiger partial charge in [-0.1, -0.05) is 6.07 Å². The molecule has 1 aliphatic rings. The lowest BCUT2D eigenvalue weighted by Gasteiger charge is -2.27. The molecule has 2 N–H and O–H groups in total. The van der Waals surface area contributed by atoms with Crippen LogP contribution in [-0.2, 0) is 11.3 Å². The Labute approximate surface area is 118 Å². The van der Waals surface area contributed by atoms with E-state index in [4.69, 9.17) is 10.5 Å². The summed E-state index contributed by atoms with van der Waals surface area (Å²) in [7, 11) is 0. The Morgan fingerprint density at radius 3 is 2.60 bits per heavy atom. The minimum Gasteiger partial charge on any atom is -0.444 e. The van der Waals surface area contributed by atoms with Crippen LogP contribution in [-0.4, -0.2) is 22.6 Å². The molecule has 0 unspecified atom stereocenters. The van der Waals surface area contributed by atoms with Gasteiger partial charge in [0, 0.05) is 12.6 Å². The van der Waals surface area contributed by atoms with Gasteiger partial charge < -0.3 is 15.4 Å².